The Hall–Kier alpha value is -0.810. The first kappa shape index (κ1) is 16.4. The number of halogens is 1. The van der Waals surface area contributed by atoms with Crippen LogP contribution in [-0.2, 0) is 5.41 Å². The summed E-state index contributed by atoms with van der Waals surface area (Å²) in [5, 5.41) is 22.6. The van der Waals surface area contributed by atoms with Crippen molar-refractivity contribution in [2.45, 2.75) is 62.1 Å². The summed E-state index contributed by atoms with van der Waals surface area (Å²) in [6.07, 6.45) is 2.56. The van der Waals surface area contributed by atoms with E-state index >= 15 is 0 Å². The van der Waals surface area contributed by atoms with E-state index in [4.69, 9.17) is 0 Å². The molecule has 1 saturated carbocycles. The fourth-order valence-electron chi connectivity index (χ4n) is 7.88. The third-order valence-corrected chi connectivity index (χ3v) is 8.46. The van der Waals surface area contributed by atoms with Crippen LogP contribution >= 0.6 is 12.4 Å². The maximum absolute atomic E-state index is 11.6. The molecule has 1 aromatic rings. The number of hydrogen-bond acceptors (Lipinski definition) is 4. The maximum atomic E-state index is 11.6. The van der Waals surface area contributed by atoms with Gasteiger partial charge in [-0.1, -0.05) is 25.1 Å². The topological polar surface area (TPSA) is 46.9 Å². The van der Waals surface area contributed by atoms with Gasteiger partial charge < -0.3 is 15.1 Å². The van der Waals surface area contributed by atoms with Gasteiger partial charge >= 0.3 is 0 Å². The number of rotatable bonds is 1. The number of aliphatic hydroxyl groups excluding tert-OH is 2. The largest absolute Gasteiger partial charge is 0.392 e. The molecule has 0 radical (unpaired) electrons. The highest BCUT2D eigenvalue weighted by Crippen LogP contribution is 2.68. The Morgan fingerprint density at radius 3 is 2.72 bits per heavy atom. The average Bonchev–Trinajstić information content (AvgIpc) is 2.97. The van der Waals surface area contributed by atoms with Gasteiger partial charge in [-0.3, -0.25) is 4.90 Å². The number of anilines is 1. The van der Waals surface area contributed by atoms with Crippen LogP contribution in [0.5, 0.6) is 0 Å². The summed E-state index contributed by atoms with van der Waals surface area (Å²) in [7, 11) is 2.19. The van der Waals surface area contributed by atoms with Gasteiger partial charge in [-0.15, -0.1) is 12.4 Å². The first-order chi connectivity index (χ1) is 11.6. The molecule has 5 heteroatoms. The third kappa shape index (κ3) is 1.50. The van der Waals surface area contributed by atoms with Crippen LogP contribution in [0.25, 0.3) is 0 Å². The molecule has 5 heterocycles. The van der Waals surface area contributed by atoms with Crippen molar-refractivity contribution in [1.29, 1.82) is 0 Å². The number of nitrogens with zero attached hydrogens (tertiary/aromatic N) is 2. The highest BCUT2D eigenvalue weighted by Gasteiger charge is 2.76. The van der Waals surface area contributed by atoms with E-state index in [2.05, 4.69) is 48.0 Å². The third-order valence-electron chi connectivity index (χ3n) is 8.46. The summed E-state index contributed by atoms with van der Waals surface area (Å²) in [5.41, 5.74) is 2.51. The lowest BCUT2D eigenvalue weighted by Gasteiger charge is -2.62. The molecule has 0 aromatic heterocycles. The molecule has 4 saturated heterocycles. The van der Waals surface area contributed by atoms with Crippen LogP contribution in [0, 0.1) is 17.8 Å². The standard InChI is InChI=1S/C20H26N2O2.ClH/c1-3-10-11-8-14-17-20(12-6-4-5-7-13(12)21(17)2)9-15(16(11)18(20)23)22(14)19(10)24;/h4-7,10-11,14-19,23-24H,3,8-9H2,1-2H3;1H/t10-,11?,14-,15-,16?,17-,18+,19+,20?;/m0./s1. The zero-order valence-electron chi connectivity index (χ0n) is 14.7. The van der Waals surface area contributed by atoms with Crippen molar-refractivity contribution in [3.63, 3.8) is 0 Å². The molecular formula is C20H27ClN2O2. The number of piperidine rings is 4. The van der Waals surface area contributed by atoms with E-state index in [1.165, 1.54) is 11.3 Å². The second-order valence-corrected chi connectivity index (χ2v) is 8.81. The molecule has 10 atom stereocenters. The van der Waals surface area contributed by atoms with Crippen LogP contribution in [0.1, 0.15) is 31.7 Å². The Labute approximate surface area is 155 Å². The van der Waals surface area contributed by atoms with E-state index in [0.717, 1.165) is 19.3 Å². The molecule has 5 aliphatic heterocycles. The second kappa shape index (κ2) is 4.92. The summed E-state index contributed by atoms with van der Waals surface area (Å²) in [6.45, 7) is 2.19. The van der Waals surface area contributed by atoms with E-state index in [0.29, 0.717) is 35.9 Å². The number of benzene rings is 1. The minimum absolute atomic E-state index is 0. The molecule has 4 unspecified atom stereocenters. The van der Waals surface area contributed by atoms with E-state index < -0.39 is 0 Å². The predicted octanol–water partition coefficient (Wildman–Crippen LogP) is 1.98. The molecule has 136 valence electrons. The van der Waals surface area contributed by atoms with Gasteiger partial charge in [-0.2, -0.15) is 0 Å². The fraction of sp³-hybridized carbons (Fsp3) is 0.700. The SMILES string of the molecule is CC[C@H]1C2C[C@H]3[C@@H]4N(C)c5ccccc5C45C[C@@H](C2[C@H]5O)N3[C@@H]1O.Cl. The Kier molecular flexibility index (Phi) is 3.22. The van der Waals surface area contributed by atoms with Gasteiger partial charge in [0.2, 0.25) is 0 Å². The highest BCUT2D eigenvalue weighted by atomic mass is 35.5. The molecular weight excluding hydrogens is 336 g/mol. The van der Waals surface area contributed by atoms with E-state index in [1.54, 1.807) is 0 Å². The molecule has 1 aliphatic carbocycles. The van der Waals surface area contributed by atoms with E-state index in [-0.39, 0.29) is 30.2 Å². The predicted molar refractivity (Wildman–Crippen MR) is 99.0 cm³/mol. The molecule has 1 spiro atoms. The van der Waals surface area contributed by atoms with Gasteiger partial charge in [-0.05, 0) is 36.8 Å². The van der Waals surface area contributed by atoms with Gasteiger partial charge in [0, 0.05) is 42.1 Å². The molecule has 0 amide bonds. The van der Waals surface area contributed by atoms with Crippen molar-refractivity contribution in [2.75, 3.05) is 11.9 Å². The van der Waals surface area contributed by atoms with Crippen LogP contribution < -0.4 is 4.90 Å². The van der Waals surface area contributed by atoms with Crippen molar-refractivity contribution in [2.24, 2.45) is 17.8 Å². The normalized spacial score (nSPS) is 53.6. The Morgan fingerprint density at radius 2 is 1.96 bits per heavy atom. The van der Waals surface area contributed by atoms with Crippen LogP contribution in [0.2, 0.25) is 0 Å². The van der Waals surface area contributed by atoms with Crippen LogP contribution in [0.15, 0.2) is 24.3 Å². The summed E-state index contributed by atoms with van der Waals surface area (Å²) in [6, 6.07) is 9.70. The van der Waals surface area contributed by atoms with E-state index in [9.17, 15) is 10.2 Å². The summed E-state index contributed by atoms with van der Waals surface area (Å²) < 4.78 is 0. The van der Waals surface area contributed by atoms with Crippen molar-refractivity contribution in [3.05, 3.63) is 29.8 Å². The number of aliphatic hydroxyl groups is 2. The van der Waals surface area contributed by atoms with Crippen LogP contribution in [0.4, 0.5) is 5.69 Å². The Balaban J connectivity index is 0.00000140. The minimum atomic E-state index is -0.319. The van der Waals surface area contributed by atoms with Gasteiger partial charge in [-0.25, -0.2) is 0 Å². The smallest absolute Gasteiger partial charge is 0.111 e. The molecule has 25 heavy (non-hydrogen) atoms. The van der Waals surface area contributed by atoms with Gasteiger partial charge in [0.15, 0.2) is 0 Å². The first-order valence-electron chi connectivity index (χ1n) is 9.57. The second-order valence-electron chi connectivity index (χ2n) is 8.81. The lowest BCUT2D eigenvalue weighted by molar-refractivity contribution is -0.211. The van der Waals surface area contributed by atoms with Gasteiger partial charge in [0.25, 0.3) is 0 Å². The van der Waals surface area contributed by atoms with Gasteiger partial charge in [0.05, 0.1) is 12.1 Å². The molecule has 7 rings (SSSR count). The number of para-hydroxylation sites is 1. The van der Waals surface area contributed by atoms with Crippen LogP contribution in [0.3, 0.4) is 0 Å². The van der Waals surface area contributed by atoms with E-state index in [1.807, 2.05) is 0 Å². The minimum Gasteiger partial charge on any atom is -0.392 e. The Bertz CT molecular complexity index is 729. The monoisotopic (exact) mass is 362 g/mol. The molecule has 4 nitrogen and oxygen atoms in total. The zero-order valence-corrected chi connectivity index (χ0v) is 15.6. The summed E-state index contributed by atoms with van der Waals surface area (Å²) >= 11 is 0. The molecule has 2 N–H and O–H groups in total. The summed E-state index contributed by atoms with van der Waals surface area (Å²) in [5.74, 6) is 1.14. The number of fused-ring (bicyclic) bond motifs is 2. The summed E-state index contributed by atoms with van der Waals surface area (Å²) in [4.78, 5) is 4.83. The zero-order chi connectivity index (χ0) is 16.4. The van der Waals surface area contributed by atoms with Crippen molar-refractivity contribution in [3.8, 4) is 0 Å². The molecule has 5 bridgehead atoms. The molecule has 1 aromatic carbocycles. The number of hydrogen-bond donors (Lipinski definition) is 2. The average molecular weight is 363 g/mol. The molecule has 5 fully saturated rings. The fourth-order valence-corrected chi connectivity index (χ4v) is 7.88. The quantitative estimate of drug-likeness (QED) is 0.802. The highest BCUT2D eigenvalue weighted by molar-refractivity contribution is 5.85. The van der Waals surface area contributed by atoms with Crippen LogP contribution in [-0.4, -0.2) is 52.6 Å². The Morgan fingerprint density at radius 1 is 1.20 bits per heavy atom. The first-order valence-corrected chi connectivity index (χ1v) is 9.57. The molecule has 6 aliphatic rings. The number of likely N-dealkylation sites (N-methyl/N-ethyl adjacent to an activating group) is 1. The lowest BCUT2D eigenvalue weighted by atomic mass is 9.62. The van der Waals surface area contributed by atoms with Gasteiger partial charge in [0.1, 0.15) is 6.23 Å². The lowest BCUT2D eigenvalue weighted by Crippen LogP contribution is -2.72. The van der Waals surface area contributed by atoms with Crippen molar-refractivity contribution >= 4 is 18.1 Å². The maximum Gasteiger partial charge on any atom is 0.111 e. The van der Waals surface area contributed by atoms with Crippen molar-refractivity contribution in [1.82, 2.24) is 4.90 Å². The van der Waals surface area contributed by atoms with Crippen molar-refractivity contribution < 1.29 is 10.2 Å².